The number of ether oxygens (including phenoxy) is 1. The molecule has 1 heterocycles. The van der Waals surface area contributed by atoms with E-state index in [1.807, 2.05) is 12.4 Å². The van der Waals surface area contributed by atoms with Crippen molar-refractivity contribution < 1.29 is 4.74 Å². The van der Waals surface area contributed by atoms with Gasteiger partial charge in [-0.05, 0) is 45.1 Å². The van der Waals surface area contributed by atoms with Gasteiger partial charge in [0.15, 0.2) is 0 Å². The van der Waals surface area contributed by atoms with Gasteiger partial charge in [-0.1, -0.05) is 13.0 Å². The van der Waals surface area contributed by atoms with Crippen LogP contribution in [0.1, 0.15) is 18.9 Å². The first kappa shape index (κ1) is 15.6. The molecule has 0 saturated carbocycles. The number of hydrogen-bond acceptors (Lipinski definition) is 3. The zero-order valence-electron chi connectivity index (χ0n) is 13.6. The number of hydrogen-bond donors (Lipinski definition) is 0. The van der Waals surface area contributed by atoms with Gasteiger partial charge in [0.25, 0.3) is 0 Å². The average molecular weight is 287 g/mol. The van der Waals surface area contributed by atoms with E-state index in [0.717, 1.165) is 30.1 Å². The molecule has 0 spiro atoms. The first-order valence-electron chi connectivity index (χ1n) is 7.39. The van der Waals surface area contributed by atoms with E-state index >= 15 is 0 Å². The second kappa shape index (κ2) is 6.76. The summed E-state index contributed by atoms with van der Waals surface area (Å²) in [7, 11) is 5.95. The van der Waals surface area contributed by atoms with E-state index in [4.69, 9.17) is 4.74 Å². The van der Waals surface area contributed by atoms with Crippen LogP contribution in [0.25, 0.3) is 11.4 Å². The van der Waals surface area contributed by atoms with Gasteiger partial charge in [0, 0.05) is 25.0 Å². The van der Waals surface area contributed by atoms with Crippen LogP contribution in [0.4, 0.5) is 0 Å². The van der Waals surface area contributed by atoms with Crippen LogP contribution in [0.15, 0.2) is 30.6 Å². The summed E-state index contributed by atoms with van der Waals surface area (Å²) in [6.45, 7) is 5.21. The van der Waals surface area contributed by atoms with E-state index in [9.17, 15) is 0 Å². The molecular formula is C17H25N3O. The Balaban J connectivity index is 2.36. The van der Waals surface area contributed by atoms with Crippen LogP contribution < -0.4 is 4.74 Å². The molecule has 0 aliphatic heterocycles. The quantitative estimate of drug-likeness (QED) is 0.817. The number of rotatable bonds is 6. The fraction of sp³-hybridized carbons (Fsp3) is 0.471. The standard InChI is InChI=1S/C17H25N3O/c1-6-14(19(3)4)12-20-10-9-18-17(20)15-8-7-13(2)11-16(15)21-5/h7-11,14H,6,12H2,1-5H3. The van der Waals surface area contributed by atoms with Crippen molar-refractivity contribution in [3.05, 3.63) is 36.2 Å². The Morgan fingerprint density at radius 3 is 2.71 bits per heavy atom. The molecule has 1 unspecified atom stereocenters. The van der Waals surface area contributed by atoms with E-state index in [2.05, 4.69) is 60.6 Å². The number of benzene rings is 1. The summed E-state index contributed by atoms with van der Waals surface area (Å²) in [5.41, 5.74) is 2.23. The van der Waals surface area contributed by atoms with Gasteiger partial charge in [-0.25, -0.2) is 4.98 Å². The molecule has 1 aromatic carbocycles. The minimum Gasteiger partial charge on any atom is -0.496 e. The van der Waals surface area contributed by atoms with Crippen molar-refractivity contribution in [2.75, 3.05) is 21.2 Å². The van der Waals surface area contributed by atoms with Crippen molar-refractivity contribution in [1.29, 1.82) is 0 Å². The van der Waals surface area contributed by atoms with Crippen molar-refractivity contribution >= 4 is 0 Å². The zero-order chi connectivity index (χ0) is 15.4. The molecule has 0 fully saturated rings. The highest BCUT2D eigenvalue weighted by molar-refractivity contribution is 5.65. The van der Waals surface area contributed by atoms with Crippen LogP contribution in [0.2, 0.25) is 0 Å². The normalized spacial score (nSPS) is 12.7. The second-order valence-corrected chi connectivity index (χ2v) is 5.63. The molecule has 4 nitrogen and oxygen atoms in total. The van der Waals surface area contributed by atoms with Crippen molar-refractivity contribution in [2.24, 2.45) is 0 Å². The van der Waals surface area contributed by atoms with Gasteiger partial charge in [-0.15, -0.1) is 0 Å². The summed E-state index contributed by atoms with van der Waals surface area (Å²) >= 11 is 0. The summed E-state index contributed by atoms with van der Waals surface area (Å²) in [6.07, 6.45) is 5.01. The molecule has 1 aromatic heterocycles. The maximum Gasteiger partial charge on any atom is 0.143 e. The minimum absolute atomic E-state index is 0.495. The van der Waals surface area contributed by atoms with Gasteiger partial charge in [0.1, 0.15) is 11.6 Å². The number of aryl methyl sites for hydroxylation is 1. The Morgan fingerprint density at radius 2 is 2.10 bits per heavy atom. The molecule has 2 rings (SSSR count). The lowest BCUT2D eigenvalue weighted by Gasteiger charge is -2.24. The van der Waals surface area contributed by atoms with E-state index < -0.39 is 0 Å². The van der Waals surface area contributed by atoms with Gasteiger partial charge < -0.3 is 14.2 Å². The third-order valence-corrected chi connectivity index (χ3v) is 3.92. The molecule has 114 valence electrons. The predicted octanol–water partition coefficient (Wildman–Crippen LogP) is 3.21. The first-order chi connectivity index (χ1) is 10.1. The number of imidazole rings is 1. The predicted molar refractivity (Wildman–Crippen MR) is 86.7 cm³/mol. The third kappa shape index (κ3) is 3.45. The van der Waals surface area contributed by atoms with Gasteiger partial charge in [0.2, 0.25) is 0 Å². The van der Waals surface area contributed by atoms with Gasteiger partial charge in [-0.2, -0.15) is 0 Å². The Kier molecular flexibility index (Phi) is 5.02. The number of likely N-dealkylation sites (N-methyl/N-ethyl adjacent to an activating group) is 1. The summed E-state index contributed by atoms with van der Waals surface area (Å²) in [4.78, 5) is 6.80. The molecule has 0 radical (unpaired) electrons. The molecule has 0 bridgehead atoms. The largest absolute Gasteiger partial charge is 0.496 e. The fourth-order valence-corrected chi connectivity index (χ4v) is 2.57. The van der Waals surface area contributed by atoms with Gasteiger partial charge in [0.05, 0.1) is 12.7 Å². The Bertz CT molecular complexity index is 589. The number of aromatic nitrogens is 2. The molecule has 0 aliphatic carbocycles. The maximum atomic E-state index is 5.52. The Hall–Kier alpha value is -1.81. The second-order valence-electron chi connectivity index (χ2n) is 5.63. The lowest BCUT2D eigenvalue weighted by molar-refractivity contribution is 0.258. The van der Waals surface area contributed by atoms with Gasteiger partial charge >= 0.3 is 0 Å². The van der Waals surface area contributed by atoms with E-state index in [0.29, 0.717) is 6.04 Å². The summed E-state index contributed by atoms with van der Waals surface area (Å²) < 4.78 is 7.73. The molecule has 1 atom stereocenters. The smallest absolute Gasteiger partial charge is 0.143 e. The Morgan fingerprint density at radius 1 is 1.33 bits per heavy atom. The lowest BCUT2D eigenvalue weighted by atomic mass is 10.1. The third-order valence-electron chi connectivity index (χ3n) is 3.92. The van der Waals surface area contributed by atoms with Crippen LogP contribution in [-0.2, 0) is 6.54 Å². The molecule has 2 aromatic rings. The van der Waals surface area contributed by atoms with Crippen LogP contribution in [-0.4, -0.2) is 41.7 Å². The molecule has 4 heteroatoms. The highest BCUT2D eigenvalue weighted by atomic mass is 16.5. The highest BCUT2D eigenvalue weighted by Gasteiger charge is 2.15. The molecule has 0 saturated heterocycles. The van der Waals surface area contributed by atoms with Gasteiger partial charge in [-0.3, -0.25) is 0 Å². The zero-order valence-corrected chi connectivity index (χ0v) is 13.6. The summed E-state index contributed by atoms with van der Waals surface area (Å²) in [5, 5.41) is 0. The van der Waals surface area contributed by atoms with Crippen molar-refractivity contribution in [1.82, 2.24) is 14.5 Å². The van der Waals surface area contributed by atoms with E-state index in [1.54, 1.807) is 7.11 Å². The summed E-state index contributed by atoms with van der Waals surface area (Å²) in [6, 6.07) is 6.73. The topological polar surface area (TPSA) is 30.3 Å². The van der Waals surface area contributed by atoms with Crippen molar-refractivity contribution in [2.45, 2.75) is 32.9 Å². The van der Waals surface area contributed by atoms with Crippen LogP contribution in [0, 0.1) is 6.92 Å². The molecule has 21 heavy (non-hydrogen) atoms. The van der Waals surface area contributed by atoms with E-state index in [-0.39, 0.29) is 0 Å². The van der Waals surface area contributed by atoms with Crippen molar-refractivity contribution in [3.63, 3.8) is 0 Å². The Labute approximate surface area is 127 Å². The van der Waals surface area contributed by atoms with Crippen LogP contribution in [0.3, 0.4) is 0 Å². The minimum atomic E-state index is 0.495. The average Bonchev–Trinajstić information content (AvgIpc) is 2.92. The molecule has 0 amide bonds. The van der Waals surface area contributed by atoms with Crippen molar-refractivity contribution in [3.8, 4) is 17.1 Å². The lowest BCUT2D eigenvalue weighted by Crippen LogP contribution is -2.31. The monoisotopic (exact) mass is 287 g/mol. The number of nitrogens with zero attached hydrogens (tertiary/aromatic N) is 3. The van der Waals surface area contributed by atoms with Crippen LogP contribution in [0.5, 0.6) is 5.75 Å². The SMILES string of the molecule is CCC(Cn1ccnc1-c1ccc(C)cc1OC)N(C)C. The number of methoxy groups -OCH3 is 1. The summed E-state index contributed by atoms with van der Waals surface area (Å²) in [5.74, 6) is 1.84. The first-order valence-corrected chi connectivity index (χ1v) is 7.39. The highest BCUT2D eigenvalue weighted by Crippen LogP contribution is 2.30. The van der Waals surface area contributed by atoms with Crippen LogP contribution >= 0.6 is 0 Å². The maximum absolute atomic E-state index is 5.52. The molecule has 0 N–H and O–H groups in total. The van der Waals surface area contributed by atoms with E-state index in [1.165, 1.54) is 5.56 Å². The molecule has 0 aliphatic rings. The molecular weight excluding hydrogens is 262 g/mol. The fourth-order valence-electron chi connectivity index (χ4n) is 2.57.